The summed E-state index contributed by atoms with van der Waals surface area (Å²) in [6, 6.07) is 0. The number of carboxylic acid groups (broad SMARTS) is 1. The molecule has 0 aromatic rings. The molecule has 0 aliphatic carbocycles. The quantitative estimate of drug-likeness (QED) is 0.491. The van der Waals surface area contributed by atoms with Gasteiger partial charge in [-0.3, -0.25) is 10.2 Å². The van der Waals surface area contributed by atoms with Crippen LogP contribution in [0.2, 0.25) is 0 Å². The number of aliphatic hydroxyl groups excluding tert-OH is 1. The molecule has 1 unspecified atom stereocenters. The Morgan fingerprint density at radius 1 is 1.29 bits per heavy atom. The molecular formula is C11H19NO5. The highest BCUT2D eigenvalue weighted by molar-refractivity contribution is 6.41. The van der Waals surface area contributed by atoms with E-state index < -0.39 is 35.3 Å². The van der Waals surface area contributed by atoms with E-state index in [1.807, 2.05) is 0 Å². The summed E-state index contributed by atoms with van der Waals surface area (Å²) in [6.07, 6.45) is -0.0586. The molecule has 0 aromatic carbocycles. The molecule has 6 heteroatoms. The van der Waals surface area contributed by atoms with Crippen molar-refractivity contribution in [2.45, 2.75) is 39.7 Å². The first-order chi connectivity index (χ1) is 7.60. The summed E-state index contributed by atoms with van der Waals surface area (Å²) >= 11 is 0. The van der Waals surface area contributed by atoms with Crippen LogP contribution < -0.4 is 0 Å². The van der Waals surface area contributed by atoms with Crippen molar-refractivity contribution in [3.05, 3.63) is 0 Å². The lowest BCUT2D eigenvalue weighted by atomic mass is 9.81. The summed E-state index contributed by atoms with van der Waals surface area (Å²) in [4.78, 5) is 22.7. The van der Waals surface area contributed by atoms with Gasteiger partial charge in [-0.2, -0.15) is 0 Å². The Labute approximate surface area is 100 Å². The molecule has 3 N–H and O–H groups in total. The van der Waals surface area contributed by atoms with Crippen LogP contribution in [0.1, 0.15) is 34.1 Å². The molecule has 0 aromatic heterocycles. The smallest absolute Gasteiger partial charge is 0.353 e. The van der Waals surface area contributed by atoms with Crippen LogP contribution in [0.3, 0.4) is 0 Å². The molecular weight excluding hydrogens is 226 g/mol. The SMILES string of the molecule is CCC(CO)(C(=N)C(=O)OC(C)(C)C)C(=O)O. The Balaban J connectivity index is 5.12. The number of esters is 1. The topological polar surface area (TPSA) is 108 Å². The molecule has 0 saturated carbocycles. The van der Waals surface area contributed by atoms with Crippen LogP contribution >= 0.6 is 0 Å². The predicted octanol–water partition coefficient (Wildman–Crippen LogP) is 0.821. The second-order valence-electron chi connectivity index (χ2n) is 4.78. The van der Waals surface area contributed by atoms with Gasteiger partial charge in [-0.05, 0) is 27.2 Å². The van der Waals surface area contributed by atoms with Gasteiger partial charge < -0.3 is 14.9 Å². The largest absolute Gasteiger partial charge is 0.480 e. The molecule has 0 heterocycles. The Morgan fingerprint density at radius 2 is 1.76 bits per heavy atom. The van der Waals surface area contributed by atoms with Gasteiger partial charge in [0.15, 0.2) is 0 Å². The van der Waals surface area contributed by atoms with Gasteiger partial charge in [-0.1, -0.05) is 6.92 Å². The average Bonchev–Trinajstić information content (AvgIpc) is 2.17. The van der Waals surface area contributed by atoms with E-state index in [1.54, 1.807) is 20.8 Å². The summed E-state index contributed by atoms with van der Waals surface area (Å²) in [6.45, 7) is 5.53. The highest BCUT2D eigenvalue weighted by Gasteiger charge is 2.45. The van der Waals surface area contributed by atoms with Crippen LogP contribution in [-0.2, 0) is 14.3 Å². The van der Waals surface area contributed by atoms with Crippen LogP contribution in [0.4, 0.5) is 0 Å². The molecule has 0 aliphatic rings. The van der Waals surface area contributed by atoms with Crippen molar-refractivity contribution < 1.29 is 24.5 Å². The standard InChI is InChI=1S/C11H19NO5/c1-5-11(6-13,9(15)16)7(12)8(14)17-10(2,3)4/h12-13H,5-6H2,1-4H3,(H,15,16). The fourth-order valence-electron chi connectivity index (χ4n) is 1.22. The second kappa shape index (κ2) is 5.27. The van der Waals surface area contributed by atoms with E-state index in [2.05, 4.69) is 0 Å². The molecule has 0 bridgehead atoms. The van der Waals surface area contributed by atoms with E-state index >= 15 is 0 Å². The zero-order valence-corrected chi connectivity index (χ0v) is 10.5. The van der Waals surface area contributed by atoms with E-state index in [9.17, 15) is 9.59 Å². The lowest BCUT2D eigenvalue weighted by molar-refractivity contribution is -0.153. The van der Waals surface area contributed by atoms with Gasteiger partial charge in [0.2, 0.25) is 0 Å². The van der Waals surface area contributed by atoms with Crippen molar-refractivity contribution in [1.29, 1.82) is 5.41 Å². The first-order valence-corrected chi connectivity index (χ1v) is 5.27. The predicted molar refractivity (Wildman–Crippen MR) is 61.0 cm³/mol. The molecule has 17 heavy (non-hydrogen) atoms. The fraction of sp³-hybridized carbons (Fsp3) is 0.727. The summed E-state index contributed by atoms with van der Waals surface area (Å²) < 4.78 is 4.92. The third-order valence-corrected chi connectivity index (χ3v) is 2.36. The summed E-state index contributed by atoms with van der Waals surface area (Å²) in [5.41, 5.74) is -3.43. The van der Waals surface area contributed by atoms with Crippen molar-refractivity contribution >= 4 is 17.7 Å². The highest BCUT2D eigenvalue weighted by atomic mass is 16.6. The summed E-state index contributed by atoms with van der Waals surface area (Å²) in [5.74, 6) is -2.42. The van der Waals surface area contributed by atoms with Crippen LogP contribution in [-0.4, -0.2) is 40.1 Å². The minimum absolute atomic E-state index is 0.0586. The zero-order chi connectivity index (χ0) is 13.9. The maximum Gasteiger partial charge on any atom is 0.353 e. The van der Waals surface area contributed by atoms with Crippen LogP contribution in [0.25, 0.3) is 0 Å². The minimum Gasteiger partial charge on any atom is -0.480 e. The molecule has 98 valence electrons. The van der Waals surface area contributed by atoms with Crippen molar-refractivity contribution in [1.82, 2.24) is 0 Å². The van der Waals surface area contributed by atoms with Gasteiger partial charge >= 0.3 is 11.9 Å². The van der Waals surface area contributed by atoms with Crippen LogP contribution in [0.15, 0.2) is 0 Å². The molecule has 0 saturated heterocycles. The van der Waals surface area contributed by atoms with Crippen LogP contribution in [0, 0.1) is 10.8 Å². The number of nitrogens with one attached hydrogen (secondary N) is 1. The van der Waals surface area contributed by atoms with Crippen molar-refractivity contribution in [3.8, 4) is 0 Å². The number of rotatable bonds is 5. The number of carboxylic acids is 1. The van der Waals surface area contributed by atoms with Gasteiger partial charge in [-0.25, -0.2) is 4.79 Å². The Morgan fingerprint density at radius 3 is 2.00 bits per heavy atom. The number of hydrogen-bond acceptors (Lipinski definition) is 5. The third kappa shape index (κ3) is 3.52. The first-order valence-electron chi connectivity index (χ1n) is 5.27. The molecule has 0 spiro atoms. The lowest BCUT2D eigenvalue weighted by Gasteiger charge is -2.27. The van der Waals surface area contributed by atoms with Crippen molar-refractivity contribution in [2.24, 2.45) is 5.41 Å². The zero-order valence-electron chi connectivity index (χ0n) is 10.5. The molecule has 0 rings (SSSR count). The summed E-state index contributed by atoms with van der Waals surface area (Å²) in [7, 11) is 0. The molecule has 1 atom stereocenters. The number of aliphatic hydroxyl groups is 1. The number of aliphatic carboxylic acids is 1. The molecule has 0 aliphatic heterocycles. The minimum atomic E-state index is -1.89. The van der Waals surface area contributed by atoms with E-state index in [0.717, 1.165) is 0 Å². The van der Waals surface area contributed by atoms with E-state index in [-0.39, 0.29) is 6.42 Å². The molecule has 0 radical (unpaired) electrons. The Bertz CT molecular complexity index is 325. The molecule has 0 fully saturated rings. The van der Waals surface area contributed by atoms with Gasteiger partial charge in [0.25, 0.3) is 0 Å². The fourth-order valence-corrected chi connectivity index (χ4v) is 1.22. The first kappa shape index (κ1) is 15.6. The van der Waals surface area contributed by atoms with Crippen LogP contribution in [0.5, 0.6) is 0 Å². The van der Waals surface area contributed by atoms with Gasteiger partial charge in [0.05, 0.1) is 6.61 Å². The number of carbonyl (C=O) groups excluding carboxylic acids is 1. The van der Waals surface area contributed by atoms with Crippen molar-refractivity contribution in [3.63, 3.8) is 0 Å². The summed E-state index contributed by atoms with van der Waals surface area (Å²) in [5, 5.41) is 25.8. The maximum atomic E-state index is 11.6. The number of ether oxygens (including phenoxy) is 1. The Hall–Kier alpha value is -1.43. The second-order valence-corrected chi connectivity index (χ2v) is 4.78. The van der Waals surface area contributed by atoms with E-state index in [0.29, 0.717) is 0 Å². The lowest BCUT2D eigenvalue weighted by Crippen LogP contribution is -2.47. The number of hydrogen-bond donors (Lipinski definition) is 3. The number of carbonyl (C=O) groups is 2. The van der Waals surface area contributed by atoms with E-state index in [4.69, 9.17) is 20.4 Å². The maximum absolute atomic E-state index is 11.6. The van der Waals surface area contributed by atoms with E-state index in [1.165, 1.54) is 6.92 Å². The monoisotopic (exact) mass is 245 g/mol. The Kier molecular flexibility index (Phi) is 4.82. The molecule has 0 amide bonds. The van der Waals surface area contributed by atoms with Gasteiger partial charge in [-0.15, -0.1) is 0 Å². The third-order valence-electron chi connectivity index (χ3n) is 2.36. The van der Waals surface area contributed by atoms with Gasteiger partial charge in [0, 0.05) is 0 Å². The highest BCUT2D eigenvalue weighted by Crippen LogP contribution is 2.25. The van der Waals surface area contributed by atoms with Gasteiger partial charge in [0.1, 0.15) is 16.7 Å². The normalized spacial score (nSPS) is 14.9. The van der Waals surface area contributed by atoms with Crippen molar-refractivity contribution in [2.75, 3.05) is 6.61 Å². The average molecular weight is 245 g/mol. The molecule has 6 nitrogen and oxygen atoms in total.